The largest absolute Gasteiger partial charge is 0.493 e. The normalized spacial score (nSPS) is 15.9. The molecule has 1 N–H and O–H groups in total. The Morgan fingerprint density at radius 2 is 2.00 bits per heavy atom. The molecular weight excluding hydrogens is 244 g/mol. The smallest absolute Gasteiger partial charge is 0.304 e. The van der Waals surface area contributed by atoms with Crippen LogP contribution in [0.2, 0.25) is 0 Å². The summed E-state index contributed by atoms with van der Waals surface area (Å²) >= 11 is 0. The number of ether oxygens (including phenoxy) is 2. The van der Waals surface area contributed by atoms with Crippen LogP contribution in [0.4, 0.5) is 0 Å². The third-order valence-corrected chi connectivity index (χ3v) is 3.89. The minimum atomic E-state index is -0.760. The van der Waals surface area contributed by atoms with E-state index in [0.29, 0.717) is 11.5 Å². The van der Waals surface area contributed by atoms with Crippen molar-refractivity contribution in [3.63, 3.8) is 0 Å². The van der Waals surface area contributed by atoms with E-state index >= 15 is 0 Å². The highest BCUT2D eigenvalue weighted by Gasteiger charge is 2.49. The molecular formula is C15H20O4. The monoisotopic (exact) mass is 264 g/mol. The topological polar surface area (TPSA) is 55.8 Å². The summed E-state index contributed by atoms with van der Waals surface area (Å²) in [4.78, 5) is 11.1. The van der Waals surface area contributed by atoms with Gasteiger partial charge in [-0.25, -0.2) is 0 Å². The van der Waals surface area contributed by atoms with Gasteiger partial charge in [0, 0.05) is 11.0 Å². The molecule has 4 nitrogen and oxygen atoms in total. The molecule has 1 aromatic carbocycles. The van der Waals surface area contributed by atoms with Crippen molar-refractivity contribution < 1.29 is 19.4 Å². The van der Waals surface area contributed by atoms with Gasteiger partial charge in [0.1, 0.15) is 0 Å². The van der Waals surface area contributed by atoms with Gasteiger partial charge in [0.2, 0.25) is 0 Å². The standard InChI is InChI=1S/C15H20O4/c1-4-10-5-6-11(18-2)14(19-3)13(10)15(7-8-15)9-12(16)17/h5-6H,4,7-9H2,1-3H3,(H,16,17). The number of hydrogen-bond acceptors (Lipinski definition) is 3. The Morgan fingerprint density at radius 1 is 1.32 bits per heavy atom. The van der Waals surface area contributed by atoms with Gasteiger partial charge in [-0.2, -0.15) is 0 Å². The lowest BCUT2D eigenvalue weighted by atomic mass is 9.86. The summed E-state index contributed by atoms with van der Waals surface area (Å²) < 4.78 is 10.8. The highest BCUT2D eigenvalue weighted by atomic mass is 16.5. The number of aryl methyl sites for hydroxylation is 1. The molecule has 1 aliphatic rings. The fourth-order valence-electron chi connectivity index (χ4n) is 2.80. The number of benzene rings is 1. The molecule has 1 aromatic rings. The van der Waals surface area contributed by atoms with Crippen molar-refractivity contribution in [1.29, 1.82) is 0 Å². The van der Waals surface area contributed by atoms with Gasteiger partial charge in [0.25, 0.3) is 0 Å². The minimum absolute atomic E-state index is 0.156. The van der Waals surface area contributed by atoms with Crippen molar-refractivity contribution in [1.82, 2.24) is 0 Å². The Labute approximate surface area is 113 Å². The Hall–Kier alpha value is -1.71. The van der Waals surface area contributed by atoms with Crippen molar-refractivity contribution >= 4 is 5.97 Å². The van der Waals surface area contributed by atoms with E-state index in [2.05, 4.69) is 6.92 Å². The van der Waals surface area contributed by atoms with Crippen molar-refractivity contribution in [2.24, 2.45) is 0 Å². The molecule has 0 saturated heterocycles. The van der Waals surface area contributed by atoms with Crippen LogP contribution < -0.4 is 9.47 Å². The summed E-state index contributed by atoms with van der Waals surface area (Å²) in [5, 5.41) is 9.13. The van der Waals surface area contributed by atoms with Crippen molar-refractivity contribution in [3.05, 3.63) is 23.3 Å². The van der Waals surface area contributed by atoms with Gasteiger partial charge < -0.3 is 14.6 Å². The van der Waals surface area contributed by atoms with Gasteiger partial charge in [0.15, 0.2) is 11.5 Å². The number of carboxylic acid groups (broad SMARTS) is 1. The molecule has 104 valence electrons. The molecule has 0 heterocycles. The molecule has 19 heavy (non-hydrogen) atoms. The van der Waals surface area contributed by atoms with E-state index in [-0.39, 0.29) is 11.8 Å². The molecule has 0 spiro atoms. The molecule has 0 unspecified atom stereocenters. The molecule has 1 aliphatic carbocycles. The van der Waals surface area contributed by atoms with Crippen LogP contribution in [-0.4, -0.2) is 25.3 Å². The first-order chi connectivity index (χ1) is 9.07. The van der Waals surface area contributed by atoms with Crippen molar-refractivity contribution in [2.75, 3.05) is 14.2 Å². The second kappa shape index (κ2) is 5.11. The summed E-state index contributed by atoms with van der Waals surface area (Å²) in [6, 6.07) is 3.90. The van der Waals surface area contributed by atoms with E-state index in [1.165, 1.54) is 0 Å². The molecule has 0 amide bonds. The van der Waals surface area contributed by atoms with Crippen LogP contribution in [0.3, 0.4) is 0 Å². The van der Waals surface area contributed by atoms with Gasteiger partial charge >= 0.3 is 5.97 Å². The first-order valence-electron chi connectivity index (χ1n) is 6.54. The minimum Gasteiger partial charge on any atom is -0.493 e. The molecule has 2 rings (SSSR count). The van der Waals surface area contributed by atoms with Crippen LogP contribution in [0.25, 0.3) is 0 Å². The van der Waals surface area contributed by atoms with E-state index in [9.17, 15) is 4.79 Å². The predicted octanol–water partition coefficient (Wildman–Crippen LogP) is 2.77. The summed E-state index contributed by atoms with van der Waals surface area (Å²) in [6.07, 6.45) is 2.81. The Kier molecular flexibility index (Phi) is 3.69. The van der Waals surface area contributed by atoms with Crippen LogP contribution >= 0.6 is 0 Å². The highest BCUT2D eigenvalue weighted by Crippen LogP contribution is 2.56. The van der Waals surface area contributed by atoms with E-state index in [0.717, 1.165) is 30.4 Å². The maximum absolute atomic E-state index is 11.1. The third-order valence-electron chi connectivity index (χ3n) is 3.89. The average molecular weight is 264 g/mol. The van der Waals surface area contributed by atoms with Gasteiger partial charge in [-0.1, -0.05) is 13.0 Å². The number of hydrogen-bond donors (Lipinski definition) is 1. The molecule has 4 heteroatoms. The van der Waals surface area contributed by atoms with E-state index in [1.807, 2.05) is 12.1 Å². The highest BCUT2D eigenvalue weighted by molar-refractivity contribution is 5.71. The number of rotatable bonds is 6. The van der Waals surface area contributed by atoms with Crippen LogP contribution in [0, 0.1) is 0 Å². The van der Waals surface area contributed by atoms with Gasteiger partial charge in [0.05, 0.1) is 20.6 Å². The summed E-state index contributed by atoms with van der Waals surface area (Å²) in [6.45, 7) is 2.07. The summed E-state index contributed by atoms with van der Waals surface area (Å²) in [5.74, 6) is 0.608. The lowest BCUT2D eigenvalue weighted by Crippen LogP contribution is -2.16. The number of carbonyl (C=O) groups is 1. The maximum atomic E-state index is 11.1. The van der Waals surface area contributed by atoms with Crippen LogP contribution in [0.15, 0.2) is 12.1 Å². The van der Waals surface area contributed by atoms with Crippen LogP contribution in [0.5, 0.6) is 11.5 Å². The zero-order valence-electron chi connectivity index (χ0n) is 11.7. The fourth-order valence-corrected chi connectivity index (χ4v) is 2.80. The second-order valence-corrected chi connectivity index (χ2v) is 5.04. The maximum Gasteiger partial charge on any atom is 0.304 e. The Bertz CT molecular complexity index is 489. The molecule has 0 radical (unpaired) electrons. The fraction of sp³-hybridized carbons (Fsp3) is 0.533. The summed E-state index contributed by atoms with van der Waals surface area (Å²) in [7, 11) is 3.21. The van der Waals surface area contributed by atoms with Crippen molar-refractivity contribution in [2.45, 2.75) is 38.0 Å². The first kappa shape index (κ1) is 13.7. The van der Waals surface area contributed by atoms with Gasteiger partial charge in [-0.05, 0) is 30.9 Å². The third kappa shape index (κ3) is 2.39. The van der Waals surface area contributed by atoms with E-state index in [4.69, 9.17) is 14.6 Å². The Balaban J connectivity index is 2.56. The molecule has 0 aromatic heterocycles. The lowest BCUT2D eigenvalue weighted by Gasteiger charge is -2.22. The van der Waals surface area contributed by atoms with Gasteiger partial charge in [-0.3, -0.25) is 4.79 Å². The van der Waals surface area contributed by atoms with Crippen molar-refractivity contribution in [3.8, 4) is 11.5 Å². The van der Waals surface area contributed by atoms with Crippen LogP contribution in [-0.2, 0) is 16.6 Å². The number of aliphatic carboxylic acids is 1. The number of methoxy groups -OCH3 is 2. The van der Waals surface area contributed by atoms with E-state index < -0.39 is 5.97 Å². The zero-order chi connectivity index (χ0) is 14.0. The lowest BCUT2D eigenvalue weighted by molar-refractivity contribution is -0.137. The average Bonchev–Trinajstić information content (AvgIpc) is 3.16. The van der Waals surface area contributed by atoms with Gasteiger partial charge in [-0.15, -0.1) is 0 Å². The SMILES string of the molecule is CCc1ccc(OC)c(OC)c1C1(CC(=O)O)CC1. The predicted molar refractivity (Wildman–Crippen MR) is 72.1 cm³/mol. The molecule has 1 fully saturated rings. The van der Waals surface area contributed by atoms with Crippen LogP contribution in [0.1, 0.15) is 37.3 Å². The molecule has 0 atom stereocenters. The second-order valence-electron chi connectivity index (χ2n) is 5.04. The summed E-state index contributed by atoms with van der Waals surface area (Å²) in [5.41, 5.74) is 1.91. The first-order valence-corrected chi connectivity index (χ1v) is 6.54. The molecule has 0 bridgehead atoms. The zero-order valence-corrected chi connectivity index (χ0v) is 11.7. The number of carboxylic acids is 1. The Morgan fingerprint density at radius 3 is 2.42 bits per heavy atom. The molecule has 1 saturated carbocycles. The quantitative estimate of drug-likeness (QED) is 0.858. The van der Waals surface area contributed by atoms with E-state index in [1.54, 1.807) is 14.2 Å². The molecule has 0 aliphatic heterocycles.